The standard InChI is InChI=1S/C15H22N4S2/c1-3-7-16-12-5-4-6-13-14(12)21-15(18-13)19(2)8-11-9-20-10-17-11/h9-10,12,16H,3-8H2,1-2H3. The molecule has 4 nitrogen and oxygen atoms in total. The first-order valence-electron chi connectivity index (χ1n) is 7.59. The minimum Gasteiger partial charge on any atom is -0.345 e. The van der Waals surface area contributed by atoms with E-state index in [-0.39, 0.29) is 0 Å². The first-order chi connectivity index (χ1) is 10.3. The van der Waals surface area contributed by atoms with Crippen LogP contribution in [0.3, 0.4) is 0 Å². The van der Waals surface area contributed by atoms with Crippen LogP contribution in [-0.2, 0) is 13.0 Å². The first kappa shape index (κ1) is 14.9. The maximum Gasteiger partial charge on any atom is 0.185 e. The third-order valence-electron chi connectivity index (χ3n) is 3.79. The number of aryl methyl sites for hydroxylation is 1. The fraction of sp³-hybridized carbons (Fsp3) is 0.600. The van der Waals surface area contributed by atoms with E-state index in [1.54, 1.807) is 11.3 Å². The Labute approximate surface area is 134 Å². The van der Waals surface area contributed by atoms with Crippen molar-refractivity contribution in [3.05, 3.63) is 27.2 Å². The number of anilines is 1. The van der Waals surface area contributed by atoms with Gasteiger partial charge in [0.15, 0.2) is 5.13 Å². The van der Waals surface area contributed by atoms with Gasteiger partial charge in [0, 0.05) is 23.3 Å². The summed E-state index contributed by atoms with van der Waals surface area (Å²) >= 11 is 3.50. The molecule has 6 heteroatoms. The molecule has 0 bridgehead atoms. The van der Waals surface area contributed by atoms with Crippen LogP contribution in [0.25, 0.3) is 0 Å². The van der Waals surface area contributed by atoms with Crippen LogP contribution in [-0.4, -0.2) is 23.6 Å². The van der Waals surface area contributed by atoms with Crippen LogP contribution in [0.2, 0.25) is 0 Å². The third kappa shape index (κ3) is 3.44. The highest BCUT2D eigenvalue weighted by Crippen LogP contribution is 2.37. The Balaban J connectivity index is 1.74. The average molecular weight is 323 g/mol. The molecule has 0 spiro atoms. The summed E-state index contributed by atoms with van der Waals surface area (Å²) in [7, 11) is 2.11. The molecule has 21 heavy (non-hydrogen) atoms. The van der Waals surface area contributed by atoms with Crippen LogP contribution in [0.15, 0.2) is 10.9 Å². The molecule has 1 aliphatic rings. The molecule has 0 amide bonds. The van der Waals surface area contributed by atoms with Crippen LogP contribution in [0.4, 0.5) is 5.13 Å². The third-order valence-corrected chi connectivity index (χ3v) is 5.75. The van der Waals surface area contributed by atoms with Crippen molar-refractivity contribution >= 4 is 27.8 Å². The number of rotatable bonds is 6. The van der Waals surface area contributed by atoms with Gasteiger partial charge < -0.3 is 10.2 Å². The van der Waals surface area contributed by atoms with E-state index in [2.05, 4.69) is 34.6 Å². The monoisotopic (exact) mass is 322 g/mol. The van der Waals surface area contributed by atoms with Crippen molar-refractivity contribution in [2.45, 2.75) is 45.2 Å². The van der Waals surface area contributed by atoms with Crippen LogP contribution in [0.1, 0.15) is 48.5 Å². The SMILES string of the molecule is CCCNC1CCCc2nc(N(C)Cc3cscn3)sc21. The van der Waals surface area contributed by atoms with Gasteiger partial charge in [-0.1, -0.05) is 18.3 Å². The molecule has 0 saturated carbocycles. The van der Waals surface area contributed by atoms with Crippen molar-refractivity contribution in [1.82, 2.24) is 15.3 Å². The largest absolute Gasteiger partial charge is 0.345 e. The number of nitrogens with one attached hydrogen (secondary N) is 1. The van der Waals surface area contributed by atoms with Gasteiger partial charge in [0.05, 0.1) is 23.4 Å². The Morgan fingerprint density at radius 3 is 3.14 bits per heavy atom. The lowest BCUT2D eigenvalue weighted by atomic mass is 9.98. The number of fused-ring (bicyclic) bond motifs is 1. The molecule has 2 heterocycles. The molecule has 0 saturated heterocycles. The fourth-order valence-corrected chi connectivity index (χ4v) is 4.44. The molecule has 2 aromatic rings. The van der Waals surface area contributed by atoms with Crippen molar-refractivity contribution in [3.63, 3.8) is 0 Å². The van der Waals surface area contributed by atoms with E-state index >= 15 is 0 Å². The molecule has 1 aliphatic carbocycles. The second-order valence-corrected chi connectivity index (χ2v) is 7.27. The van der Waals surface area contributed by atoms with Crippen molar-refractivity contribution in [1.29, 1.82) is 0 Å². The van der Waals surface area contributed by atoms with Gasteiger partial charge in [-0.05, 0) is 32.2 Å². The maximum atomic E-state index is 4.87. The summed E-state index contributed by atoms with van der Waals surface area (Å²) in [4.78, 5) is 12.9. The number of aromatic nitrogens is 2. The van der Waals surface area contributed by atoms with Crippen LogP contribution in [0.5, 0.6) is 0 Å². The van der Waals surface area contributed by atoms with Gasteiger partial charge in [0.2, 0.25) is 0 Å². The summed E-state index contributed by atoms with van der Waals surface area (Å²) in [6, 6.07) is 0.507. The second-order valence-electron chi connectivity index (χ2n) is 5.54. The molecule has 0 aromatic carbocycles. The van der Waals surface area contributed by atoms with E-state index < -0.39 is 0 Å². The minimum atomic E-state index is 0.507. The Kier molecular flexibility index (Phi) is 4.87. The van der Waals surface area contributed by atoms with Gasteiger partial charge >= 0.3 is 0 Å². The summed E-state index contributed by atoms with van der Waals surface area (Å²) in [5.41, 5.74) is 4.32. The molecule has 0 fully saturated rings. The molecule has 1 N–H and O–H groups in total. The molecule has 3 rings (SSSR count). The highest BCUT2D eigenvalue weighted by molar-refractivity contribution is 7.15. The van der Waals surface area contributed by atoms with Gasteiger partial charge in [-0.2, -0.15) is 0 Å². The van der Waals surface area contributed by atoms with Crippen LogP contribution in [0, 0.1) is 0 Å². The quantitative estimate of drug-likeness (QED) is 0.882. The minimum absolute atomic E-state index is 0.507. The normalized spacial score (nSPS) is 17.7. The number of hydrogen-bond donors (Lipinski definition) is 1. The number of thiazole rings is 2. The molecule has 0 aliphatic heterocycles. The lowest BCUT2D eigenvalue weighted by Gasteiger charge is -2.22. The first-order valence-corrected chi connectivity index (χ1v) is 9.35. The van der Waals surface area contributed by atoms with E-state index in [9.17, 15) is 0 Å². The maximum absolute atomic E-state index is 4.87. The van der Waals surface area contributed by atoms with Crippen molar-refractivity contribution < 1.29 is 0 Å². The summed E-state index contributed by atoms with van der Waals surface area (Å²) in [6.45, 7) is 4.14. The van der Waals surface area contributed by atoms with E-state index in [0.717, 1.165) is 30.3 Å². The van der Waals surface area contributed by atoms with Gasteiger partial charge in [-0.3, -0.25) is 0 Å². The molecule has 114 valence electrons. The lowest BCUT2D eigenvalue weighted by molar-refractivity contribution is 0.464. The lowest BCUT2D eigenvalue weighted by Crippen LogP contribution is -2.24. The van der Waals surface area contributed by atoms with Gasteiger partial charge in [0.1, 0.15) is 0 Å². The Morgan fingerprint density at radius 1 is 1.48 bits per heavy atom. The Bertz CT molecular complexity index is 564. The van der Waals surface area contributed by atoms with Gasteiger partial charge in [0.25, 0.3) is 0 Å². The van der Waals surface area contributed by atoms with E-state index in [1.165, 1.54) is 29.8 Å². The second kappa shape index (κ2) is 6.85. The van der Waals surface area contributed by atoms with Gasteiger partial charge in [-0.15, -0.1) is 11.3 Å². The molecule has 1 unspecified atom stereocenters. The zero-order valence-corrected chi connectivity index (χ0v) is 14.3. The smallest absolute Gasteiger partial charge is 0.185 e. The molecule has 0 radical (unpaired) electrons. The zero-order valence-electron chi connectivity index (χ0n) is 12.6. The Hall–Kier alpha value is -0.980. The number of hydrogen-bond acceptors (Lipinski definition) is 6. The summed E-state index contributed by atoms with van der Waals surface area (Å²) in [6.07, 6.45) is 4.79. The predicted octanol–water partition coefficient (Wildman–Crippen LogP) is 3.61. The van der Waals surface area contributed by atoms with Crippen LogP contribution >= 0.6 is 22.7 Å². The summed E-state index contributed by atoms with van der Waals surface area (Å²) < 4.78 is 0. The average Bonchev–Trinajstić information content (AvgIpc) is 3.13. The van der Waals surface area contributed by atoms with E-state index in [1.807, 2.05) is 16.8 Å². The Morgan fingerprint density at radius 2 is 2.38 bits per heavy atom. The predicted molar refractivity (Wildman–Crippen MR) is 90.3 cm³/mol. The molecular formula is C15H22N4S2. The summed E-state index contributed by atoms with van der Waals surface area (Å²) in [5.74, 6) is 0. The molecule has 1 atom stereocenters. The van der Waals surface area contributed by atoms with Crippen molar-refractivity contribution in [3.8, 4) is 0 Å². The molecular weight excluding hydrogens is 300 g/mol. The topological polar surface area (TPSA) is 41.1 Å². The van der Waals surface area contributed by atoms with Crippen molar-refractivity contribution in [2.75, 3.05) is 18.5 Å². The van der Waals surface area contributed by atoms with Gasteiger partial charge in [-0.25, -0.2) is 9.97 Å². The number of nitrogens with zero attached hydrogens (tertiary/aromatic N) is 3. The highest BCUT2D eigenvalue weighted by atomic mass is 32.1. The van der Waals surface area contributed by atoms with E-state index in [0.29, 0.717) is 6.04 Å². The zero-order chi connectivity index (χ0) is 14.7. The molecule has 2 aromatic heterocycles. The fourth-order valence-electron chi connectivity index (χ4n) is 2.71. The highest BCUT2D eigenvalue weighted by Gasteiger charge is 2.25. The van der Waals surface area contributed by atoms with Crippen LogP contribution < -0.4 is 10.2 Å². The van der Waals surface area contributed by atoms with E-state index in [4.69, 9.17) is 4.98 Å². The summed E-state index contributed by atoms with van der Waals surface area (Å²) in [5, 5.41) is 6.90. The van der Waals surface area contributed by atoms with Crippen molar-refractivity contribution in [2.24, 2.45) is 0 Å².